The van der Waals surface area contributed by atoms with Gasteiger partial charge in [-0.05, 0) is 45.0 Å². The van der Waals surface area contributed by atoms with Crippen LogP contribution in [-0.4, -0.2) is 18.1 Å². The summed E-state index contributed by atoms with van der Waals surface area (Å²) in [4.78, 5) is 5.84. The van der Waals surface area contributed by atoms with Crippen LogP contribution < -0.4 is 10.1 Å². The quantitative estimate of drug-likeness (QED) is 0.877. The third kappa shape index (κ3) is 3.38. The van der Waals surface area contributed by atoms with Gasteiger partial charge in [-0.3, -0.25) is 0 Å². The summed E-state index contributed by atoms with van der Waals surface area (Å²) in [5.41, 5.74) is 2.37. The topological polar surface area (TPSA) is 34.1 Å². The SMILES string of the molecule is CCNC(c1ccc(OCC)cc1)c1sc(C)nc1C. The van der Waals surface area contributed by atoms with Crippen LogP contribution in [0.3, 0.4) is 0 Å². The van der Waals surface area contributed by atoms with Gasteiger partial charge < -0.3 is 10.1 Å². The van der Waals surface area contributed by atoms with E-state index < -0.39 is 0 Å². The van der Waals surface area contributed by atoms with Crippen LogP contribution in [0.25, 0.3) is 0 Å². The molecule has 2 rings (SSSR count). The second-order valence-corrected chi connectivity index (χ2v) is 5.91. The molecule has 4 heteroatoms. The molecule has 3 nitrogen and oxygen atoms in total. The fourth-order valence-electron chi connectivity index (χ4n) is 2.30. The Labute approximate surface area is 125 Å². The minimum Gasteiger partial charge on any atom is -0.494 e. The van der Waals surface area contributed by atoms with Crippen LogP contribution in [0.2, 0.25) is 0 Å². The number of nitrogens with one attached hydrogen (secondary N) is 1. The summed E-state index contributed by atoms with van der Waals surface area (Å²) in [5.74, 6) is 0.920. The molecule has 0 spiro atoms. The molecule has 2 aromatic rings. The van der Waals surface area contributed by atoms with Gasteiger partial charge in [0.15, 0.2) is 0 Å². The van der Waals surface area contributed by atoms with E-state index in [4.69, 9.17) is 4.74 Å². The second kappa shape index (κ2) is 6.86. The number of aromatic nitrogens is 1. The normalized spacial score (nSPS) is 12.4. The lowest BCUT2D eigenvalue weighted by Gasteiger charge is -2.18. The molecular weight excluding hydrogens is 268 g/mol. The summed E-state index contributed by atoms with van der Waals surface area (Å²) in [5, 5.41) is 4.67. The van der Waals surface area contributed by atoms with E-state index in [0.29, 0.717) is 6.61 Å². The predicted octanol–water partition coefficient (Wildman–Crippen LogP) is 3.86. The highest BCUT2D eigenvalue weighted by atomic mass is 32.1. The van der Waals surface area contributed by atoms with E-state index in [1.54, 1.807) is 11.3 Å². The molecule has 108 valence electrons. The number of thiazole rings is 1. The minimum atomic E-state index is 0.210. The van der Waals surface area contributed by atoms with Crippen LogP contribution >= 0.6 is 11.3 Å². The summed E-state index contributed by atoms with van der Waals surface area (Å²) in [6.45, 7) is 9.89. The molecule has 0 aliphatic rings. The molecule has 1 aromatic carbocycles. The molecule has 0 fully saturated rings. The van der Waals surface area contributed by atoms with E-state index in [-0.39, 0.29) is 6.04 Å². The maximum Gasteiger partial charge on any atom is 0.119 e. The zero-order chi connectivity index (χ0) is 14.5. The molecule has 0 saturated heterocycles. The predicted molar refractivity (Wildman–Crippen MR) is 84.7 cm³/mol. The van der Waals surface area contributed by atoms with Gasteiger partial charge in [-0.15, -0.1) is 11.3 Å². The third-order valence-corrected chi connectivity index (χ3v) is 4.27. The zero-order valence-corrected chi connectivity index (χ0v) is 13.4. The van der Waals surface area contributed by atoms with Crippen molar-refractivity contribution in [3.63, 3.8) is 0 Å². The maximum atomic E-state index is 5.50. The van der Waals surface area contributed by atoms with Crippen molar-refractivity contribution in [2.24, 2.45) is 0 Å². The van der Waals surface area contributed by atoms with Gasteiger partial charge >= 0.3 is 0 Å². The van der Waals surface area contributed by atoms with E-state index in [0.717, 1.165) is 23.0 Å². The van der Waals surface area contributed by atoms with Crippen molar-refractivity contribution in [2.45, 2.75) is 33.7 Å². The Morgan fingerprint density at radius 3 is 2.40 bits per heavy atom. The Hall–Kier alpha value is -1.39. The van der Waals surface area contributed by atoms with Crippen molar-refractivity contribution in [1.82, 2.24) is 10.3 Å². The Bertz CT molecular complexity index is 548. The fourth-order valence-corrected chi connectivity index (χ4v) is 3.34. The minimum absolute atomic E-state index is 0.210. The van der Waals surface area contributed by atoms with Gasteiger partial charge in [0, 0.05) is 4.88 Å². The molecule has 0 aliphatic heterocycles. The van der Waals surface area contributed by atoms with Crippen molar-refractivity contribution >= 4 is 11.3 Å². The molecule has 0 aliphatic carbocycles. The summed E-state index contributed by atoms with van der Waals surface area (Å²) in [6, 6.07) is 8.54. The largest absolute Gasteiger partial charge is 0.494 e. The molecule has 0 bridgehead atoms. The standard InChI is InChI=1S/C16H22N2OS/c1-5-17-15(16-11(3)18-12(4)20-16)13-7-9-14(10-8-13)19-6-2/h7-10,15,17H,5-6H2,1-4H3. The number of aryl methyl sites for hydroxylation is 2. The fraction of sp³-hybridized carbons (Fsp3) is 0.438. The van der Waals surface area contributed by atoms with Crippen molar-refractivity contribution in [1.29, 1.82) is 0 Å². The van der Waals surface area contributed by atoms with E-state index in [2.05, 4.69) is 43.2 Å². The van der Waals surface area contributed by atoms with Gasteiger partial charge in [-0.2, -0.15) is 0 Å². The molecule has 1 unspecified atom stereocenters. The number of rotatable bonds is 6. The Kier molecular flexibility index (Phi) is 5.15. The molecule has 1 heterocycles. The summed E-state index contributed by atoms with van der Waals surface area (Å²) in [7, 11) is 0. The van der Waals surface area contributed by atoms with Crippen molar-refractivity contribution in [2.75, 3.05) is 13.2 Å². The lowest BCUT2D eigenvalue weighted by molar-refractivity contribution is 0.340. The van der Waals surface area contributed by atoms with Gasteiger partial charge in [0.05, 0.1) is 23.4 Å². The average Bonchev–Trinajstić information content (AvgIpc) is 2.76. The molecular formula is C16H22N2OS. The number of nitrogens with zero attached hydrogens (tertiary/aromatic N) is 1. The van der Waals surface area contributed by atoms with Gasteiger partial charge in [0.2, 0.25) is 0 Å². The smallest absolute Gasteiger partial charge is 0.119 e. The Morgan fingerprint density at radius 1 is 1.20 bits per heavy atom. The van der Waals surface area contributed by atoms with Gasteiger partial charge in [0.1, 0.15) is 5.75 Å². The van der Waals surface area contributed by atoms with Gasteiger partial charge in [-0.1, -0.05) is 19.1 Å². The van der Waals surface area contributed by atoms with Crippen LogP contribution in [-0.2, 0) is 0 Å². The lowest BCUT2D eigenvalue weighted by atomic mass is 10.0. The molecule has 20 heavy (non-hydrogen) atoms. The molecule has 1 N–H and O–H groups in total. The molecule has 0 saturated carbocycles. The van der Waals surface area contributed by atoms with Crippen molar-refractivity contribution in [3.05, 3.63) is 45.4 Å². The summed E-state index contributed by atoms with van der Waals surface area (Å²) >= 11 is 1.77. The van der Waals surface area contributed by atoms with Crippen molar-refractivity contribution < 1.29 is 4.74 Å². The highest BCUT2D eigenvalue weighted by Gasteiger charge is 2.18. The number of hydrogen-bond donors (Lipinski definition) is 1. The van der Waals surface area contributed by atoms with Crippen LogP contribution in [0.4, 0.5) is 0 Å². The average molecular weight is 290 g/mol. The molecule has 0 radical (unpaired) electrons. The lowest BCUT2D eigenvalue weighted by Crippen LogP contribution is -2.21. The van der Waals surface area contributed by atoms with Crippen LogP contribution in [0.5, 0.6) is 5.75 Å². The Balaban J connectivity index is 2.30. The number of hydrogen-bond acceptors (Lipinski definition) is 4. The van der Waals surface area contributed by atoms with Gasteiger partial charge in [0.25, 0.3) is 0 Å². The van der Waals surface area contributed by atoms with E-state index in [1.807, 2.05) is 19.1 Å². The van der Waals surface area contributed by atoms with Crippen LogP contribution in [0, 0.1) is 13.8 Å². The molecule has 1 atom stereocenters. The second-order valence-electron chi connectivity index (χ2n) is 4.68. The zero-order valence-electron chi connectivity index (χ0n) is 12.6. The first-order chi connectivity index (χ1) is 9.65. The first kappa shape index (κ1) is 15.0. The van der Waals surface area contributed by atoms with Crippen LogP contribution in [0.15, 0.2) is 24.3 Å². The van der Waals surface area contributed by atoms with E-state index in [1.165, 1.54) is 10.4 Å². The molecule has 0 amide bonds. The highest BCUT2D eigenvalue weighted by Crippen LogP contribution is 2.30. The molecule has 1 aromatic heterocycles. The Morgan fingerprint density at radius 2 is 1.90 bits per heavy atom. The van der Waals surface area contributed by atoms with Crippen LogP contribution in [0.1, 0.15) is 41.0 Å². The number of benzene rings is 1. The highest BCUT2D eigenvalue weighted by molar-refractivity contribution is 7.11. The monoisotopic (exact) mass is 290 g/mol. The third-order valence-electron chi connectivity index (χ3n) is 3.13. The maximum absolute atomic E-state index is 5.50. The van der Waals surface area contributed by atoms with E-state index >= 15 is 0 Å². The van der Waals surface area contributed by atoms with Gasteiger partial charge in [-0.25, -0.2) is 4.98 Å². The summed E-state index contributed by atoms with van der Waals surface area (Å²) in [6.07, 6.45) is 0. The number of ether oxygens (including phenoxy) is 1. The van der Waals surface area contributed by atoms with Crippen molar-refractivity contribution in [3.8, 4) is 5.75 Å². The first-order valence-electron chi connectivity index (χ1n) is 7.05. The first-order valence-corrected chi connectivity index (χ1v) is 7.87. The summed E-state index contributed by atoms with van der Waals surface area (Å²) < 4.78 is 5.50. The van der Waals surface area contributed by atoms with E-state index in [9.17, 15) is 0 Å².